The minimum absolute atomic E-state index is 0.00891. The van der Waals surface area contributed by atoms with Gasteiger partial charge in [0.15, 0.2) is 0 Å². The van der Waals surface area contributed by atoms with Crippen LogP contribution in [0.2, 0.25) is 5.02 Å². The van der Waals surface area contributed by atoms with Crippen molar-refractivity contribution >= 4 is 47.6 Å². The Morgan fingerprint density at radius 1 is 1.20 bits per heavy atom. The van der Waals surface area contributed by atoms with Crippen molar-refractivity contribution in [2.24, 2.45) is 0 Å². The smallest absolute Gasteiger partial charge is 0.215 e. The van der Waals surface area contributed by atoms with E-state index in [1.807, 2.05) is 0 Å². The van der Waals surface area contributed by atoms with E-state index in [2.05, 4.69) is 25.4 Å². The van der Waals surface area contributed by atoms with Crippen molar-refractivity contribution in [3.63, 3.8) is 0 Å². The Morgan fingerprint density at radius 3 is 2.40 bits per heavy atom. The van der Waals surface area contributed by atoms with Crippen LogP contribution in [0.4, 0.5) is 0 Å². The predicted octanol–water partition coefficient (Wildman–Crippen LogP) is 1.32. The van der Waals surface area contributed by atoms with Crippen molar-refractivity contribution in [1.82, 2.24) is 9.44 Å². The first-order valence-corrected chi connectivity index (χ1v) is 9.90. The maximum absolute atomic E-state index is 11.9. The first kappa shape index (κ1) is 17.9. The van der Waals surface area contributed by atoms with Gasteiger partial charge in [0.2, 0.25) is 20.0 Å². The second-order valence-corrected chi connectivity index (χ2v) is 8.75. The summed E-state index contributed by atoms with van der Waals surface area (Å²) >= 11 is 8.91. The summed E-state index contributed by atoms with van der Waals surface area (Å²) in [6.45, 7) is 1.70. The summed E-state index contributed by atoms with van der Waals surface area (Å²) in [5.41, 5.74) is 0. The van der Waals surface area contributed by atoms with Gasteiger partial charge in [0, 0.05) is 17.6 Å². The van der Waals surface area contributed by atoms with Crippen LogP contribution in [0.3, 0.4) is 0 Å². The van der Waals surface area contributed by atoms with Crippen molar-refractivity contribution in [3.05, 3.63) is 27.7 Å². The molecule has 0 aromatic heterocycles. The van der Waals surface area contributed by atoms with E-state index in [0.29, 0.717) is 9.50 Å². The molecule has 10 heteroatoms. The van der Waals surface area contributed by atoms with Crippen LogP contribution in [0, 0.1) is 0 Å². The zero-order valence-corrected chi connectivity index (χ0v) is 14.5. The zero-order chi connectivity index (χ0) is 15.4. The molecule has 0 saturated carbocycles. The average Bonchev–Trinajstić information content (AvgIpc) is 2.31. The van der Waals surface area contributed by atoms with Crippen LogP contribution in [0.5, 0.6) is 0 Å². The summed E-state index contributed by atoms with van der Waals surface area (Å²) in [6, 6.07) is 4.13. The lowest BCUT2D eigenvalue weighted by molar-refractivity contribution is 0.576. The number of benzene rings is 1. The topological polar surface area (TPSA) is 92.3 Å². The van der Waals surface area contributed by atoms with E-state index in [0.717, 1.165) is 0 Å². The summed E-state index contributed by atoms with van der Waals surface area (Å²) in [7, 11) is -7.23. The van der Waals surface area contributed by atoms with Gasteiger partial charge in [0.05, 0.1) is 15.7 Å². The first-order valence-electron chi connectivity index (χ1n) is 5.60. The first-order chi connectivity index (χ1) is 9.18. The van der Waals surface area contributed by atoms with Crippen LogP contribution >= 0.6 is 27.5 Å². The van der Waals surface area contributed by atoms with Crippen molar-refractivity contribution in [2.45, 2.75) is 11.8 Å². The third-order valence-electron chi connectivity index (χ3n) is 2.23. The molecule has 20 heavy (non-hydrogen) atoms. The van der Waals surface area contributed by atoms with Gasteiger partial charge in [-0.2, -0.15) is 0 Å². The fourth-order valence-electron chi connectivity index (χ4n) is 1.33. The molecular formula is C10H14BrClN2O4S2. The lowest BCUT2D eigenvalue weighted by Crippen LogP contribution is -2.34. The highest BCUT2D eigenvalue weighted by molar-refractivity contribution is 9.10. The second kappa shape index (κ2) is 7.19. The predicted molar refractivity (Wildman–Crippen MR) is 81.8 cm³/mol. The molecule has 2 N–H and O–H groups in total. The molecular weight excluding hydrogens is 392 g/mol. The summed E-state index contributed by atoms with van der Waals surface area (Å²) in [5.74, 6) is -0.325. The number of hydrogen-bond acceptors (Lipinski definition) is 4. The lowest BCUT2D eigenvalue weighted by atomic mass is 10.4. The number of nitrogens with one attached hydrogen (secondary N) is 2. The van der Waals surface area contributed by atoms with E-state index in [1.165, 1.54) is 18.2 Å². The summed E-state index contributed by atoms with van der Waals surface area (Å²) in [5, 5.41) is 0.388. The van der Waals surface area contributed by atoms with E-state index in [4.69, 9.17) is 11.6 Å². The number of sulfonamides is 2. The molecule has 0 spiro atoms. The molecule has 0 amide bonds. The summed E-state index contributed by atoms with van der Waals surface area (Å²) < 4.78 is 51.6. The minimum atomic E-state index is -3.77. The molecule has 1 rings (SSSR count). The summed E-state index contributed by atoms with van der Waals surface area (Å²) in [6.07, 6.45) is 0. The van der Waals surface area contributed by atoms with E-state index in [-0.39, 0.29) is 23.7 Å². The Balaban J connectivity index is 2.74. The normalized spacial score (nSPS) is 12.6. The second-order valence-electron chi connectivity index (χ2n) is 3.79. The van der Waals surface area contributed by atoms with Gasteiger partial charge in [0.25, 0.3) is 0 Å². The standard InChI is InChI=1S/C10H14BrClN2O4S2/c1-2-13-19(15,16)6-5-14-20(17,18)8-3-4-10(12)9(11)7-8/h3-4,7,13-14H,2,5-6H2,1H3. The minimum Gasteiger partial charge on any atom is -0.215 e. The third kappa shape index (κ3) is 5.30. The van der Waals surface area contributed by atoms with Gasteiger partial charge in [-0.15, -0.1) is 0 Å². The highest BCUT2D eigenvalue weighted by Gasteiger charge is 2.16. The number of hydrogen-bond donors (Lipinski definition) is 2. The molecule has 0 aliphatic heterocycles. The van der Waals surface area contributed by atoms with Crippen LogP contribution in [0.25, 0.3) is 0 Å². The SMILES string of the molecule is CCNS(=O)(=O)CCNS(=O)(=O)c1ccc(Cl)c(Br)c1. The monoisotopic (exact) mass is 404 g/mol. The molecule has 0 aliphatic carbocycles. The Bertz CT molecular complexity index is 676. The lowest BCUT2D eigenvalue weighted by Gasteiger charge is -2.08. The molecule has 1 aromatic rings. The quantitative estimate of drug-likeness (QED) is 0.715. The van der Waals surface area contributed by atoms with Gasteiger partial charge in [0.1, 0.15) is 0 Å². The van der Waals surface area contributed by atoms with Crippen LogP contribution < -0.4 is 9.44 Å². The fourth-order valence-corrected chi connectivity index (χ4v) is 4.12. The van der Waals surface area contributed by atoms with Crippen LogP contribution in [0.15, 0.2) is 27.6 Å². The third-order valence-corrected chi connectivity index (χ3v) is 6.37. The van der Waals surface area contributed by atoms with Gasteiger partial charge < -0.3 is 0 Å². The Morgan fingerprint density at radius 2 is 1.85 bits per heavy atom. The van der Waals surface area contributed by atoms with Gasteiger partial charge >= 0.3 is 0 Å². The molecule has 114 valence electrons. The van der Waals surface area contributed by atoms with E-state index < -0.39 is 20.0 Å². The van der Waals surface area contributed by atoms with Crippen LogP contribution in [-0.4, -0.2) is 35.7 Å². The molecule has 0 bridgehead atoms. The molecule has 1 aromatic carbocycles. The van der Waals surface area contributed by atoms with Crippen LogP contribution in [-0.2, 0) is 20.0 Å². The summed E-state index contributed by atoms with van der Waals surface area (Å²) in [4.78, 5) is 0.00891. The van der Waals surface area contributed by atoms with Gasteiger partial charge in [-0.25, -0.2) is 26.3 Å². The van der Waals surface area contributed by atoms with Crippen molar-refractivity contribution in [1.29, 1.82) is 0 Å². The Hall–Kier alpha value is -0.190. The zero-order valence-electron chi connectivity index (χ0n) is 10.6. The molecule has 0 saturated heterocycles. The molecule has 0 heterocycles. The van der Waals surface area contributed by atoms with Gasteiger partial charge in [-0.05, 0) is 34.1 Å². The van der Waals surface area contributed by atoms with Gasteiger partial charge in [-0.3, -0.25) is 0 Å². The highest BCUT2D eigenvalue weighted by Crippen LogP contribution is 2.25. The molecule has 0 atom stereocenters. The van der Waals surface area contributed by atoms with E-state index in [1.54, 1.807) is 6.92 Å². The van der Waals surface area contributed by atoms with Crippen molar-refractivity contribution < 1.29 is 16.8 Å². The Kier molecular flexibility index (Phi) is 6.42. The molecule has 6 nitrogen and oxygen atoms in total. The molecule has 0 radical (unpaired) electrons. The van der Waals surface area contributed by atoms with Crippen molar-refractivity contribution in [3.8, 4) is 0 Å². The van der Waals surface area contributed by atoms with Crippen molar-refractivity contribution in [2.75, 3.05) is 18.8 Å². The maximum atomic E-state index is 11.9. The molecule has 0 unspecified atom stereocenters. The molecule has 0 aliphatic rings. The van der Waals surface area contributed by atoms with Gasteiger partial charge in [-0.1, -0.05) is 18.5 Å². The van der Waals surface area contributed by atoms with Crippen LogP contribution in [0.1, 0.15) is 6.92 Å². The fraction of sp³-hybridized carbons (Fsp3) is 0.400. The molecule has 0 fully saturated rings. The average molecular weight is 406 g/mol. The maximum Gasteiger partial charge on any atom is 0.240 e. The number of rotatable bonds is 7. The Labute approximate surface area is 132 Å². The highest BCUT2D eigenvalue weighted by atomic mass is 79.9. The van der Waals surface area contributed by atoms with E-state index >= 15 is 0 Å². The largest absolute Gasteiger partial charge is 0.240 e. The van der Waals surface area contributed by atoms with E-state index in [9.17, 15) is 16.8 Å². The number of halogens is 2.